The Morgan fingerprint density at radius 3 is 2.95 bits per heavy atom. The van der Waals surface area contributed by atoms with Crippen LogP contribution in [0.3, 0.4) is 0 Å². The van der Waals surface area contributed by atoms with Gasteiger partial charge in [0.2, 0.25) is 0 Å². The van der Waals surface area contributed by atoms with Gasteiger partial charge in [0.1, 0.15) is 29.1 Å². The number of anilines is 1. The number of aromatic nitrogens is 3. The first kappa shape index (κ1) is 13.7. The van der Waals surface area contributed by atoms with Crippen molar-refractivity contribution in [1.82, 2.24) is 15.1 Å². The van der Waals surface area contributed by atoms with Crippen LogP contribution in [0.25, 0.3) is 11.5 Å². The van der Waals surface area contributed by atoms with E-state index in [1.807, 2.05) is 0 Å². The van der Waals surface area contributed by atoms with Gasteiger partial charge in [-0.2, -0.15) is 5.26 Å². The molecule has 1 N–H and O–H groups in total. The first-order valence-electron chi connectivity index (χ1n) is 6.43. The van der Waals surface area contributed by atoms with E-state index < -0.39 is 5.82 Å². The molecule has 6 nitrogen and oxygen atoms in total. The molecule has 3 aromatic heterocycles. The standard InChI is InChI=1S/C15H10FN5O/c16-11-3-4-13(19-8-11)14-6-12(21-22-14)9-20-15-10(7-17)2-1-5-18-15/h1-6,8H,9H2,(H,18,20). The molecule has 3 heterocycles. The Balaban J connectivity index is 1.72. The molecule has 0 spiro atoms. The van der Waals surface area contributed by atoms with Crippen molar-refractivity contribution in [3.8, 4) is 17.5 Å². The molecule has 108 valence electrons. The third-order valence-electron chi connectivity index (χ3n) is 2.90. The largest absolute Gasteiger partial charge is 0.363 e. The Morgan fingerprint density at radius 1 is 1.27 bits per heavy atom. The number of rotatable bonds is 4. The minimum absolute atomic E-state index is 0.344. The average Bonchev–Trinajstić information content (AvgIpc) is 3.03. The molecule has 0 aromatic carbocycles. The normalized spacial score (nSPS) is 10.2. The Hall–Kier alpha value is -3.27. The topological polar surface area (TPSA) is 87.6 Å². The fourth-order valence-electron chi connectivity index (χ4n) is 1.85. The van der Waals surface area contributed by atoms with Crippen molar-refractivity contribution >= 4 is 5.82 Å². The second-order valence-corrected chi connectivity index (χ2v) is 4.41. The second-order valence-electron chi connectivity index (χ2n) is 4.41. The molecule has 0 unspecified atom stereocenters. The van der Waals surface area contributed by atoms with E-state index in [4.69, 9.17) is 9.78 Å². The number of nitrogens with one attached hydrogen (secondary N) is 1. The van der Waals surface area contributed by atoms with Crippen LogP contribution in [0.1, 0.15) is 11.3 Å². The SMILES string of the molecule is N#Cc1cccnc1NCc1cc(-c2ccc(F)cn2)on1. The molecule has 0 aliphatic carbocycles. The summed E-state index contributed by atoms with van der Waals surface area (Å²) in [5.74, 6) is 0.511. The minimum atomic E-state index is -0.413. The smallest absolute Gasteiger partial charge is 0.185 e. The molecule has 0 bridgehead atoms. The second kappa shape index (κ2) is 6.01. The summed E-state index contributed by atoms with van der Waals surface area (Å²) in [5.41, 5.74) is 1.57. The minimum Gasteiger partial charge on any atom is -0.363 e. The number of nitrogens with zero attached hydrogens (tertiary/aromatic N) is 4. The summed E-state index contributed by atoms with van der Waals surface area (Å²) in [6, 6.07) is 9.93. The zero-order valence-corrected chi connectivity index (χ0v) is 11.3. The zero-order valence-electron chi connectivity index (χ0n) is 11.3. The van der Waals surface area contributed by atoms with Crippen molar-refractivity contribution < 1.29 is 8.91 Å². The van der Waals surface area contributed by atoms with Crippen LogP contribution >= 0.6 is 0 Å². The monoisotopic (exact) mass is 295 g/mol. The number of pyridine rings is 2. The summed E-state index contributed by atoms with van der Waals surface area (Å²) in [4.78, 5) is 8.02. The van der Waals surface area contributed by atoms with E-state index in [-0.39, 0.29) is 0 Å². The van der Waals surface area contributed by atoms with Gasteiger partial charge < -0.3 is 9.84 Å². The van der Waals surface area contributed by atoms with Gasteiger partial charge in [-0.25, -0.2) is 14.4 Å². The first-order chi connectivity index (χ1) is 10.8. The molecule has 7 heteroatoms. The molecule has 0 atom stereocenters. The number of hydrogen-bond acceptors (Lipinski definition) is 6. The van der Waals surface area contributed by atoms with Gasteiger partial charge in [0.05, 0.1) is 18.3 Å². The lowest BCUT2D eigenvalue weighted by atomic mass is 10.2. The van der Waals surface area contributed by atoms with E-state index in [1.54, 1.807) is 24.4 Å². The van der Waals surface area contributed by atoms with Crippen LogP contribution in [0.5, 0.6) is 0 Å². The van der Waals surface area contributed by atoms with E-state index in [1.165, 1.54) is 12.1 Å². The quantitative estimate of drug-likeness (QED) is 0.796. The molecule has 3 aromatic rings. The van der Waals surface area contributed by atoms with E-state index in [0.717, 1.165) is 6.20 Å². The van der Waals surface area contributed by atoms with Crippen LogP contribution in [0.2, 0.25) is 0 Å². The molecular formula is C15H10FN5O. The van der Waals surface area contributed by atoms with Crippen LogP contribution in [0, 0.1) is 17.1 Å². The fourth-order valence-corrected chi connectivity index (χ4v) is 1.85. The van der Waals surface area contributed by atoms with E-state index >= 15 is 0 Å². The van der Waals surface area contributed by atoms with Gasteiger partial charge in [-0.15, -0.1) is 0 Å². The average molecular weight is 295 g/mol. The van der Waals surface area contributed by atoms with Crippen LogP contribution < -0.4 is 5.32 Å². The van der Waals surface area contributed by atoms with Crippen LogP contribution in [0.15, 0.2) is 47.2 Å². The van der Waals surface area contributed by atoms with Gasteiger partial charge in [0, 0.05) is 12.3 Å². The molecule has 0 aliphatic heterocycles. The highest BCUT2D eigenvalue weighted by molar-refractivity contribution is 5.53. The van der Waals surface area contributed by atoms with Gasteiger partial charge >= 0.3 is 0 Å². The lowest BCUT2D eigenvalue weighted by molar-refractivity contribution is 0.423. The Labute approximate surface area is 125 Å². The van der Waals surface area contributed by atoms with Gasteiger partial charge in [0.15, 0.2) is 5.76 Å². The van der Waals surface area contributed by atoms with Crippen molar-refractivity contribution in [2.75, 3.05) is 5.32 Å². The Kier molecular flexibility index (Phi) is 3.74. The third kappa shape index (κ3) is 2.91. The van der Waals surface area contributed by atoms with E-state index in [9.17, 15) is 4.39 Å². The maximum atomic E-state index is 12.8. The summed E-state index contributed by atoms with van der Waals surface area (Å²) in [5, 5.41) is 15.9. The molecular weight excluding hydrogens is 285 g/mol. The number of halogens is 1. The van der Waals surface area contributed by atoms with Crippen LogP contribution in [0.4, 0.5) is 10.2 Å². The maximum absolute atomic E-state index is 12.8. The Morgan fingerprint density at radius 2 is 2.18 bits per heavy atom. The third-order valence-corrected chi connectivity index (χ3v) is 2.90. The molecule has 0 amide bonds. The lowest BCUT2D eigenvalue weighted by Gasteiger charge is -2.03. The van der Waals surface area contributed by atoms with E-state index in [0.29, 0.717) is 35.1 Å². The summed E-state index contributed by atoms with van der Waals surface area (Å²) in [6.07, 6.45) is 2.71. The zero-order chi connectivity index (χ0) is 15.4. The van der Waals surface area contributed by atoms with Crippen molar-refractivity contribution in [2.45, 2.75) is 6.54 Å². The van der Waals surface area contributed by atoms with Gasteiger partial charge in [-0.3, -0.25) is 0 Å². The lowest BCUT2D eigenvalue weighted by Crippen LogP contribution is -2.03. The highest BCUT2D eigenvalue weighted by Crippen LogP contribution is 2.19. The molecule has 0 radical (unpaired) electrons. The van der Waals surface area contributed by atoms with Crippen molar-refractivity contribution in [3.05, 3.63) is 59.8 Å². The molecule has 22 heavy (non-hydrogen) atoms. The van der Waals surface area contributed by atoms with Crippen molar-refractivity contribution in [2.24, 2.45) is 0 Å². The summed E-state index contributed by atoms with van der Waals surface area (Å²) in [6.45, 7) is 0.344. The molecule has 0 saturated carbocycles. The van der Waals surface area contributed by atoms with Gasteiger partial charge in [-0.1, -0.05) is 5.16 Å². The molecule has 0 fully saturated rings. The van der Waals surface area contributed by atoms with E-state index in [2.05, 4.69) is 26.5 Å². The molecule has 0 saturated heterocycles. The number of nitriles is 1. The summed E-state index contributed by atoms with van der Waals surface area (Å²) < 4.78 is 18.0. The summed E-state index contributed by atoms with van der Waals surface area (Å²) in [7, 11) is 0. The van der Waals surface area contributed by atoms with Crippen molar-refractivity contribution in [1.29, 1.82) is 5.26 Å². The molecule has 3 rings (SSSR count). The highest BCUT2D eigenvalue weighted by atomic mass is 19.1. The Bertz CT molecular complexity index is 822. The first-order valence-corrected chi connectivity index (χ1v) is 6.43. The number of hydrogen-bond donors (Lipinski definition) is 1. The predicted molar refractivity (Wildman–Crippen MR) is 76.0 cm³/mol. The maximum Gasteiger partial charge on any atom is 0.185 e. The van der Waals surface area contributed by atoms with Crippen molar-refractivity contribution in [3.63, 3.8) is 0 Å². The fraction of sp³-hybridized carbons (Fsp3) is 0.0667. The van der Waals surface area contributed by atoms with Crippen LogP contribution in [-0.4, -0.2) is 15.1 Å². The highest BCUT2D eigenvalue weighted by Gasteiger charge is 2.09. The van der Waals surface area contributed by atoms with Crippen LogP contribution in [-0.2, 0) is 6.54 Å². The summed E-state index contributed by atoms with van der Waals surface area (Å²) >= 11 is 0. The van der Waals surface area contributed by atoms with Gasteiger partial charge in [-0.05, 0) is 24.3 Å². The van der Waals surface area contributed by atoms with Gasteiger partial charge in [0.25, 0.3) is 0 Å². The predicted octanol–water partition coefficient (Wildman–Crippen LogP) is 2.75. The molecule has 0 aliphatic rings.